The molecule has 0 saturated carbocycles. The van der Waals surface area contributed by atoms with Gasteiger partial charge in [-0.3, -0.25) is 0 Å². The molecule has 0 saturated heterocycles. The van der Waals surface area contributed by atoms with Gasteiger partial charge in [-0.25, -0.2) is 0 Å². The Bertz CT molecular complexity index is 3640. The second-order valence-electron chi connectivity index (χ2n) is 19.2. The molecule has 10 aromatic carbocycles. The van der Waals surface area contributed by atoms with Gasteiger partial charge in [0.25, 0.3) is 0 Å². The zero-order valence-corrected chi connectivity index (χ0v) is 39.5. The smallest absolute Gasteiger partial charge is 0.0725 e. The lowest BCUT2D eigenvalue weighted by molar-refractivity contribution is 0.794. The molecule has 1 nitrogen and oxygen atoms in total. The van der Waals surface area contributed by atoms with Crippen molar-refractivity contribution in [3.05, 3.63) is 288 Å². The predicted molar refractivity (Wildman–Crippen MR) is 295 cm³/mol. The summed E-state index contributed by atoms with van der Waals surface area (Å²) in [7, 11) is 0. The molecule has 0 amide bonds. The summed E-state index contributed by atoms with van der Waals surface area (Å²) in [5, 5.41) is 0. The van der Waals surface area contributed by atoms with Crippen molar-refractivity contribution in [2.45, 2.75) is 32.1 Å². The Kier molecular flexibility index (Phi) is 10.1. The van der Waals surface area contributed by atoms with Crippen molar-refractivity contribution >= 4 is 22.6 Å². The van der Waals surface area contributed by atoms with Gasteiger partial charge in [0.05, 0.1) is 5.41 Å². The van der Waals surface area contributed by atoms with E-state index in [0.29, 0.717) is 0 Å². The quantitative estimate of drug-likeness (QED) is 0.147. The number of benzene rings is 10. The Morgan fingerprint density at radius 3 is 1.47 bits per heavy atom. The SMILES string of the molecule is Cc1cc(N(c2ccc(C3=CCCC=C3)cc2)c2ccc(-c3ccccc3)cc2)c(C)cc1-c1ccc2c(c1)C1(c3ccccc3-c3ccccc31)c1cccc(-c3ccc(-c4ccccc4)cc3)c1-2. The van der Waals surface area contributed by atoms with Gasteiger partial charge in [-0.05, 0) is 180 Å². The molecule has 0 atom stereocenters. The van der Waals surface area contributed by atoms with Crippen LogP contribution in [0, 0.1) is 13.8 Å². The number of nitrogens with zero attached hydrogens (tertiary/aromatic N) is 1. The molecule has 0 radical (unpaired) electrons. The highest BCUT2D eigenvalue weighted by molar-refractivity contribution is 6.01. The van der Waals surface area contributed by atoms with Crippen LogP contribution in [0.1, 0.15) is 51.8 Å². The Morgan fingerprint density at radius 2 is 0.857 bits per heavy atom. The van der Waals surface area contributed by atoms with E-state index in [-0.39, 0.29) is 0 Å². The number of hydrogen-bond donors (Lipinski definition) is 0. The van der Waals surface area contributed by atoms with Crippen LogP contribution in [0.4, 0.5) is 17.1 Å². The van der Waals surface area contributed by atoms with Gasteiger partial charge in [-0.2, -0.15) is 0 Å². The number of fused-ring (bicyclic) bond motifs is 10. The molecule has 1 heteroatoms. The van der Waals surface area contributed by atoms with Gasteiger partial charge in [0, 0.05) is 17.1 Å². The Morgan fingerprint density at radius 1 is 0.343 bits per heavy atom. The van der Waals surface area contributed by atoms with E-state index in [1.54, 1.807) is 0 Å². The second kappa shape index (κ2) is 16.9. The number of rotatable bonds is 8. The van der Waals surface area contributed by atoms with Crippen LogP contribution in [0.25, 0.3) is 72.3 Å². The van der Waals surface area contributed by atoms with Crippen molar-refractivity contribution in [2.75, 3.05) is 4.90 Å². The van der Waals surface area contributed by atoms with Crippen molar-refractivity contribution in [3.8, 4) is 66.8 Å². The van der Waals surface area contributed by atoms with Crippen LogP contribution < -0.4 is 4.90 Å². The molecule has 0 fully saturated rings. The third-order valence-corrected chi connectivity index (χ3v) is 15.2. The first-order chi connectivity index (χ1) is 34.5. The molecule has 0 aromatic heterocycles. The van der Waals surface area contributed by atoms with E-state index in [1.165, 1.54) is 117 Å². The summed E-state index contributed by atoms with van der Waals surface area (Å²) in [5.74, 6) is 0. The fraction of sp³-hybridized carbons (Fsp3) is 0.0725. The first kappa shape index (κ1) is 41.7. The largest absolute Gasteiger partial charge is 0.310 e. The summed E-state index contributed by atoms with van der Waals surface area (Å²) in [4.78, 5) is 2.43. The number of anilines is 3. The van der Waals surface area contributed by atoms with Crippen LogP contribution in [-0.2, 0) is 5.41 Å². The maximum Gasteiger partial charge on any atom is 0.0725 e. The van der Waals surface area contributed by atoms with Crippen molar-refractivity contribution in [1.82, 2.24) is 0 Å². The predicted octanol–water partition coefficient (Wildman–Crippen LogP) is 18.5. The van der Waals surface area contributed by atoms with Gasteiger partial charge in [0.15, 0.2) is 0 Å². The fourth-order valence-electron chi connectivity index (χ4n) is 11.9. The Labute approximate surface area is 412 Å². The maximum atomic E-state index is 2.53. The lowest BCUT2D eigenvalue weighted by Gasteiger charge is -2.31. The van der Waals surface area contributed by atoms with Gasteiger partial charge in [-0.15, -0.1) is 0 Å². The number of hydrogen-bond acceptors (Lipinski definition) is 1. The van der Waals surface area contributed by atoms with Crippen molar-refractivity contribution in [1.29, 1.82) is 0 Å². The highest BCUT2D eigenvalue weighted by Gasteiger charge is 2.52. The Balaban J connectivity index is 0.958. The molecule has 0 N–H and O–H groups in total. The lowest BCUT2D eigenvalue weighted by Crippen LogP contribution is -2.25. The highest BCUT2D eigenvalue weighted by Crippen LogP contribution is 2.64. The topological polar surface area (TPSA) is 3.24 Å². The van der Waals surface area contributed by atoms with Gasteiger partial charge >= 0.3 is 0 Å². The van der Waals surface area contributed by atoms with Gasteiger partial charge in [0.2, 0.25) is 0 Å². The second-order valence-corrected chi connectivity index (χ2v) is 19.2. The van der Waals surface area contributed by atoms with Crippen LogP contribution in [0.3, 0.4) is 0 Å². The summed E-state index contributed by atoms with van der Waals surface area (Å²) in [6.45, 7) is 4.56. The summed E-state index contributed by atoms with van der Waals surface area (Å²) < 4.78 is 0. The zero-order valence-electron chi connectivity index (χ0n) is 39.5. The molecule has 13 rings (SSSR count). The third kappa shape index (κ3) is 6.68. The van der Waals surface area contributed by atoms with Crippen LogP contribution in [0.15, 0.2) is 249 Å². The van der Waals surface area contributed by atoms with Crippen LogP contribution in [0.5, 0.6) is 0 Å². The monoisotopic (exact) mass is 893 g/mol. The van der Waals surface area contributed by atoms with E-state index in [2.05, 4.69) is 267 Å². The molecule has 332 valence electrons. The zero-order chi connectivity index (χ0) is 46.8. The molecular weight excluding hydrogens is 843 g/mol. The minimum atomic E-state index is -0.477. The molecule has 0 heterocycles. The summed E-state index contributed by atoms with van der Waals surface area (Å²) in [6.07, 6.45) is 9.09. The highest BCUT2D eigenvalue weighted by atomic mass is 15.1. The first-order valence-corrected chi connectivity index (χ1v) is 24.7. The van der Waals surface area contributed by atoms with E-state index < -0.39 is 5.41 Å². The molecule has 1 spiro atoms. The van der Waals surface area contributed by atoms with Gasteiger partial charge in [-0.1, -0.05) is 206 Å². The molecule has 0 bridgehead atoms. The Hall–Kier alpha value is -8.52. The van der Waals surface area contributed by atoms with Gasteiger partial charge < -0.3 is 4.90 Å². The van der Waals surface area contributed by atoms with E-state index in [4.69, 9.17) is 0 Å². The van der Waals surface area contributed by atoms with Crippen molar-refractivity contribution < 1.29 is 0 Å². The minimum absolute atomic E-state index is 0.477. The average Bonchev–Trinajstić information content (AvgIpc) is 3.90. The average molecular weight is 894 g/mol. The molecule has 10 aromatic rings. The van der Waals surface area contributed by atoms with Crippen LogP contribution in [0.2, 0.25) is 0 Å². The molecule has 0 aliphatic heterocycles. The third-order valence-electron chi connectivity index (χ3n) is 15.2. The minimum Gasteiger partial charge on any atom is -0.310 e. The summed E-state index contributed by atoms with van der Waals surface area (Å²) in [6, 6.07) is 86.1. The fourth-order valence-corrected chi connectivity index (χ4v) is 11.9. The lowest BCUT2D eigenvalue weighted by atomic mass is 9.70. The van der Waals surface area contributed by atoms with Gasteiger partial charge in [0.1, 0.15) is 0 Å². The van der Waals surface area contributed by atoms with E-state index in [0.717, 1.165) is 24.2 Å². The van der Waals surface area contributed by atoms with E-state index in [1.807, 2.05) is 0 Å². The van der Waals surface area contributed by atoms with Crippen molar-refractivity contribution in [2.24, 2.45) is 0 Å². The molecule has 3 aliphatic rings. The summed E-state index contributed by atoms with van der Waals surface area (Å²) >= 11 is 0. The normalized spacial score (nSPS) is 13.6. The van der Waals surface area contributed by atoms with Crippen LogP contribution in [-0.4, -0.2) is 0 Å². The van der Waals surface area contributed by atoms with Crippen molar-refractivity contribution in [3.63, 3.8) is 0 Å². The summed E-state index contributed by atoms with van der Waals surface area (Å²) in [5.41, 5.74) is 28.4. The molecule has 0 unspecified atom stereocenters. The number of allylic oxidation sites excluding steroid dienone is 4. The van der Waals surface area contributed by atoms with E-state index >= 15 is 0 Å². The standard InChI is InChI=1S/C69H51N/c1-46-44-67(70(56-38-33-52(34-39-56)49-19-8-4-9-20-49)57-40-35-53(36-41-57)50-21-10-5-11-22-50)47(2)43-62(46)55-37-42-61-66(45-55)69(63-26-14-12-23-59(63)60-24-13-15-27-64(60)69)65-28-16-25-58(68(61)65)54-31-29-51(30-32-54)48-17-6-3-7-18-48/h3-4,6-10,12-45H,5,11H2,1-2H3. The maximum absolute atomic E-state index is 2.53. The number of aryl methyl sites for hydroxylation is 2. The van der Waals surface area contributed by atoms with Crippen LogP contribution >= 0.6 is 0 Å². The van der Waals surface area contributed by atoms with E-state index in [9.17, 15) is 0 Å². The molecule has 70 heavy (non-hydrogen) atoms. The molecule has 3 aliphatic carbocycles. The first-order valence-electron chi connectivity index (χ1n) is 24.7. The molecular formula is C69H51N.